The van der Waals surface area contributed by atoms with Crippen LogP contribution in [0.1, 0.15) is 13.8 Å². The lowest BCUT2D eigenvalue weighted by atomic mass is 10.4. The summed E-state index contributed by atoms with van der Waals surface area (Å²) < 4.78 is 25.4. The van der Waals surface area contributed by atoms with Crippen LogP contribution >= 0.6 is 0 Å². The molecule has 0 saturated heterocycles. The first-order valence-corrected chi connectivity index (χ1v) is 6.05. The molecule has 84 valence electrons. The molecule has 0 unspecified atom stereocenters. The van der Waals surface area contributed by atoms with Crippen LogP contribution in [0.3, 0.4) is 0 Å². The first-order chi connectivity index (χ1) is 7.00. The molecule has 0 spiro atoms. The molecule has 1 aromatic rings. The normalized spacial score (nSPS) is 12.3. The van der Waals surface area contributed by atoms with Gasteiger partial charge in [0.15, 0.2) is 5.03 Å². The highest BCUT2D eigenvalue weighted by atomic mass is 32.2. The zero-order valence-electron chi connectivity index (χ0n) is 8.84. The molecule has 0 bridgehead atoms. The molecule has 1 aromatic heterocycles. The van der Waals surface area contributed by atoms with Gasteiger partial charge in [0.05, 0.1) is 12.5 Å². The number of imidazole rings is 1. The van der Waals surface area contributed by atoms with Crippen LogP contribution in [0, 0.1) is 0 Å². The number of sulfonamides is 1. The van der Waals surface area contributed by atoms with Crippen molar-refractivity contribution < 1.29 is 8.42 Å². The van der Waals surface area contributed by atoms with Gasteiger partial charge in [0.2, 0.25) is 0 Å². The summed E-state index contributed by atoms with van der Waals surface area (Å²) in [6.07, 6.45) is 4.21. The van der Waals surface area contributed by atoms with Gasteiger partial charge in [-0.1, -0.05) is 6.08 Å². The molecule has 0 saturated carbocycles. The summed E-state index contributed by atoms with van der Waals surface area (Å²) in [5, 5.41) is 0.109. The van der Waals surface area contributed by atoms with E-state index >= 15 is 0 Å². The van der Waals surface area contributed by atoms with Crippen molar-refractivity contribution in [2.45, 2.75) is 24.9 Å². The molecule has 5 nitrogen and oxygen atoms in total. The SMILES string of the molecule is C=CCN(C(C)C)S(=O)(=O)c1cnc[nH]1. The van der Waals surface area contributed by atoms with Crippen molar-refractivity contribution >= 4 is 10.0 Å². The van der Waals surface area contributed by atoms with Crippen molar-refractivity contribution in [3.63, 3.8) is 0 Å². The van der Waals surface area contributed by atoms with E-state index in [-0.39, 0.29) is 11.1 Å². The average Bonchev–Trinajstić information content (AvgIpc) is 2.66. The number of aromatic amines is 1. The van der Waals surface area contributed by atoms with E-state index in [0.717, 1.165) is 0 Å². The molecule has 0 atom stereocenters. The van der Waals surface area contributed by atoms with E-state index < -0.39 is 10.0 Å². The first kappa shape index (κ1) is 11.9. The third-order valence-corrected chi connectivity index (χ3v) is 3.91. The number of aromatic nitrogens is 2. The van der Waals surface area contributed by atoms with E-state index in [0.29, 0.717) is 6.54 Å². The zero-order chi connectivity index (χ0) is 11.5. The van der Waals surface area contributed by atoms with Crippen LogP contribution in [-0.2, 0) is 10.0 Å². The van der Waals surface area contributed by atoms with Crippen LogP contribution in [0.15, 0.2) is 30.2 Å². The van der Waals surface area contributed by atoms with Crippen molar-refractivity contribution in [3.8, 4) is 0 Å². The van der Waals surface area contributed by atoms with Crippen LogP contribution < -0.4 is 0 Å². The standard InChI is InChI=1S/C9H15N3O2S/c1-4-5-12(8(2)3)15(13,14)9-6-10-7-11-9/h4,6-8H,1,5H2,2-3H3,(H,10,11). The molecule has 0 fully saturated rings. The molecule has 0 aliphatic heterocycles. The molecule has 0 aliphatic carbocycles. The smallest absolute Gasteiger partial charge is 0.260 e. The first-order valence-electron chi connectivity index (χ1n) is 4.61. The van der Waals surface area contributed by atoms with Crippen LogP contribution in [0.4, 0.5) is 0 Å². The van der Waals surface area contributed by atoms with Crippen molar-refractivity contribution in [1.82, 2.24) is 14.3 Å². The minimum Gasteiger partial charge on any atom is -0.335 e. The number of nitrogens with zero attached hydrogens (tertiary/aromatic N) is 2. The third-order valence-electron chi connectivity index (χ3n) is 1.94. The largest absolute Gasteiger partial charge is 0.335 e. The van der Waals surface area contributed by atoms with Gasteiger partial charge in [0, 0.05) is 12.6 Å². The fourth-order valence-electron chi connectivity index (χ4n) is 1.22. The highest BCUT2D eigenvalue weighted by molar-refractivity contribution is 7.89. The fraction of sp³-hybridized carbons (Fsp3) is 0.444. The second-order valence-corrected chi connectivity index (χ2v) is 5.23. The van der Waals surface area contributed by atoms with Crippen molar-refractivity contribution in [1.29, 1.82) is 0 Å². The zero-order valence-corrected chi connectivity index (χ0v) is 9.66. The lowest BCUT2D eigenvalue weighted by Gasteiger charge is -2.23. The maximum Gasteiger partial charge on any atom is 0.260 e. The van der Waals surface area contributed by atoms with E-state index in [9.17, 15) is 8.42 Å². The molecular weight excluding hydrogens is 214 g/mol. The molecule has 0 amide bonds. The Hall–Kier alpha value is -1.14. The van der Waals surface area contributed by atoms with E-state index in [4.69, 9.17) is 0 Å². The maximum atomic E-state index is 12.0. The molecule has 1 heterocycles. The van der Waals surface area contributed by atoms with Gasteiger partial charge in [-0.25, -0.2) is 13.4 Å². The quantitative estimate of drug-likeness (QED) is 0.766. The molecule has 0 radical (unpaired) electrons. The van der Waals surface area contributed by atoms with Gasteiger partial charge in [-0.3, -0.25) is 0 Å². The molecule has 0 aromatic carbocycles. The molecular formula is C9H15N3O2S. The monoisotopic (exact) mass is 229 g/mol. The average molecular weight is 229 g/mol. The summed E-state index contributed by atoms with van der Waals surface area (Å²) in [7, 11) is -3.48. The molecule has 6 heteroatoms. The Morgan fingerprint density at radius 1 is 1.67 bits per heavy atom. The Kier molecular flexibility index (Phi) is 3.65. The minimum absolute atomic E-state index is 0.109. The molecule has 0 aliphatic rings. The minimum atomic E-state index is -3.48. The van der Waals surface area contributed by atoms with E-state index in [1.165, 1.54) is 16.8 Å². The Bertz CT molecular complexity index is 409. The second kappa shape index (κ2) is 4.59. The van der Waals surface area contributed by atoms with Gasteiger partial charge < -0.3 is 4.98 Å². The van der Waals surface area contributed by atoms with E-state index in [2.05, 4.69) is 16.5 Å². The predicted octanol–water partition coefficient (Wildman–Crippen LogP) is 0.995. The molecule has 15 heavy (non-hydrogen) atoms. The summed E-state index contributed by atoms with van der Waals surface area (Å²) >= 11 is 0. The van der Waals surface area contributed by atoms with Crippen molar-refractivity contribution in [3.05, 3.63) is 25.2 Å². The highest BCUT2D eigenvalue weighted by Gasteiger charge is 2.26. The number of hydrogen-bond donors (Lipinski definition) is 1. The van der Waals surface area contributed by atoms with Gasteiger partial charge in [-0.05, 0) is 13.8 Å². The lowest BCUT2D eigenvalue weighted by Crippen LogP contribution is -2.37. The molecule has 1 rings (SSSR count). The summed E-state index contributed by atoms with van der Waals surface area (Å²) in [4.78, 5) is 6.30. The Labute approximate surface area is 89.9 Å². The van der Waals surface area contributed by atoms with Gasteiger partial charge in [0.25, 0.3) is 10.0 Å². The Morgan fingerprint density at radius 3 is 2.73 bits per heavy atom. The van der Waals surface area contributed by atoms with Crippen LogP contribution in [0.2, 0.25) is 0 Å². The fourth-order valence-corrected chi connectivity index (χ4v) is 2.73. The topological polar surface area (TPSA) is 66.1 Å². The van der Waals surface area contributed by atoms with E-state index in [1.54, 1.807) is 6.08 Å². The summed E-state index contributed by atoms with van der Waals surface area (Å²) in [6.45, 7) is 7.47. The third kappa shape index (κ3) is 2.45. The predicted molar refractivity (Wildman–Crippen MR) is 57.8 cm³/mol. The second-order valence-electron chi connectivity index (χ2n) is 3.37. The van der Waals surface area contributed by atoms with Crippen molar-refractivity contribution in [2.24, 2.45) is 0 Å². The van der Waals surface area contributed by atoms with E-state index in [1.807, 2.05) is 13.8 Å². The highest BCUT2D eigenvalue weighted by Crippen LogP contribution is 2.14. The Balaban J connectivity index is 3.07. The van der Waals surface area contributed by atoms with Gasteiger partial charge in [-0.15, -0.1) is 6.58 Å². The van der Waals surface area contributed by atoms with Gasteiger partial charge in [0.1, 0.15) is 0 Å². The summed E-state index contributed by atoms with van der Waals surface area (Å²) in [5.74, 6) is 0. The lowest BCUT2D eigenvalue weighted by molar-refractivity contribution is 0.381. The van der Waals surface area contributed by atoms with Crippen LogP contribution in [0.5, 0.6) is 0 Å². The number of nitrogens with one attached hydrogen (secondary N) is 1. The Morgan fingerprint density at radius 2 is 2.33 bits per heavy atom. The van der Waals surface area contributed by atoms with Crippen LogP contribution in [0.25, 0.3) is 0 Å². The number of H-pyrrole nitrogens is 1. The van der Waals surface area contributed by atoms with Gasteiger partial charge in [-0.2, -0.15) is 4.31 Å². The number of hydrogen-bond acceptors (Lipinski definition) is 3. The van der Waals surface area contributed by atoms with Crippen molar-refractivity contribution in [2.75, 3.05) is 6.54 Å². The number of rotatable bonds is 5. The molecule has 1 N–H and O–H groups in total. The van der Waals surface area contributed by atoms with Crippen LogP contribution in [-0.4, -0.2) is 35.3 Å². The summed E-state index contributed by atoms with van der Waals surface area (Å²) in [5.41, 5.74) is 0. The van der Waals surface area contributed by atoms with Gasteiger partial charge >= 0.3 is 0 Å². The maximum absolute atomic E-state index is 12.0. The summed E-state index contributed by atoms with van der Waals surface area (Å²) in [6, 6.07) is -0.115.